The minimum Gasteiger partial charge on any atom is -0.454 e. The number of amides is 2. The Hall–Kier alpha value is -3.80. The number of anilines is 1. The van der Waals surface area contributed by atoms with Gasteiger partial charge in [0.15, 0.2) is 11.5 Å². The monoisotopic (exact) mass is 388 g/mol. The summed E-state index contributed by atoms with van der Waals surface area (Å²) in [4.78, 5) is 24.8. The third-order valence-electron chi connectivity index (χ3n) is 4.61. The molecule has 1 aliphatic heterocycles. The van der Waals surface area contributed by atoms with Gasteiger partial charge in [0.2, 0.25) is 6.79 Å². The molecular formula is C23H20N2O4. The first-order valence-electron chi connectivity index (χ1n) is 9.23. The molecule has 0 aromatic heterocycles. The second-order valence-electron chi connectivity index (χ2n) is 6.77. The van der Waals surface area contributed by atoms with E-state index in [2.05, 4.69) is 10.6 Å². The van der Waals surface area contributed by atoms with Crippen molar-refractivity contribution in [2.24, 2.45) is 0 Å². The number of ether oxygens (including phenoxy) is 2. The van der Waals surface area contributed by atoms with Crippen molar-refractivity contribution in [3.05, 3.63) is 89.0 Å². The van der Waals surface area contributed by atoms with Gasteiger partial charge in [0, 0.05) is 29.4 Å². The van der Waals surface area contributed by atoms with Crippen LogP contribution in [0.4, 0.5) is 5.69 Å². The Morgan fingerprint density at radius 2 is 1.48 bits per heavy atom. The molecule has 3 aromatic carbocycles. The molecule has 2 N–H and O–H groups in total. The molecule has 0 atom stereocenters. The zero-order valence-corrected chi connectivity index (χ0v) is 15.9. The molecule has 0 fully saturated rings. The van der Waals surface area contributed by atoms with E-state index in [4.69, 9.17) is 9.47 Å². The van der Waals surface area contributed by atoms with E-state index < -0.39 is 0 Å². The summed E-state index contributed by atoms with van der Waals surface area (Å²) in [6.07, 6.45) is 0. The molecule has 0 unspecified atom stereocenters. The summed E-state index contributed by atoms with van der Waals surface area (Å²) in [7, 11) is 0. The lowest BCUT2D eigenvalue weighted by molar-refractivity contribution is 0.0949. The molecule has 1 heterocycles. The van der Waals surface area contributed by atoms with Gasteiger partial charge in [0.25, 0.3) is 11.8 Å². The van der Waals surface area contributed by atoms with Crippen LogP contribution in [0.3, 0.4) is 0 Å². The van der Waals surface area contributed by atoms with Crippen molar-refractivity contribution >= 4 is 17.5 Å². The standard InChI is InChI=1S/C23H20N2O4/c1-15-2-4-16(5-3-15)13-24-22(26)17-6-8-18(9-7-17)23(27)25-19-10-11-20-21(12-19)29-14-28-20/h2-12H,13-14H2,1H3,(H,24,26)(H,25,27). The first-order chi connectivity index (χ1) is 14.1. The average Bonchev–Trinajstić information content (AvgIpc) is 3.21. The zero-order valence-electron chi connectivity index (χ0n) is 15.9. The molecule has 3 aromatic rings. The number of hydrogen-bond donors (Lipinski definition) is 2. The van der Waals surface area contributed by atoms with E-state index in [9.17, 15) is 9.59 Å². The highest BCUT2D eigenvalue weighted by molar-refractivity contribution is 6.05. The van der Waals surface area contributed by atoms with Crippen LogP contribution in [0.15, 0.2) is 66.7 Å². The number of hydrogen-bond acceptors (Lipinski definition) is 4. The fraction of sp³-hybridized carbons (Fsp3) is 0.130. The van der Waals surface area contributed by atoms with E-state index in [-0.39, 0.29) is 18.6 Å². The lowest BCUT2D eigenvalue weighted by atomic mass is 10.1. The largest absolute Gasteiger partial charge is 0.454 e. The van der Waals surface area contributed by atoms with E-state index in [0.29, 0.717) is 34.9 Å². The lowest BCUT2D eigenvalue weighted by Crippen LogP contribution is -2.23. The van der Waals surface area contributed by atoms with E-state index in [1.165, 1.54) is 5.56 Å². The molecule has 4 rings (SSSR count). The fourth-order valence-corrected chi connectivity index (χ4v) is 2.94. The summed E-state index contributed by atoms with van der Waals surface area (Å²) in [6.45, 7) is 2.65. The lowest BCUT2D eigenvalue weighted by Gasteiger charge is -2.08. The Morgan fingerprint density at radius 1 is 0.828 bits per heavy atom. The van der Waals surface area contributed by atoms with Gasteiger partial charge in [-0.15, -0.1) is 0 Å². The Morgan fingerprint density at radius 3 is 2.21 bits per heavy atom. The van der Waals surface area contributed by atoms with Crippen LogP contribution in [-0.4, -0.2) is 18.6 Å². The van der Waals surface area contributed by atoms with Gasteiger partial charge in [-0.3, -0.25) is 9.59 Å². The molecule has 6 nitrogen and oxygen atoms in total. The molecule has 146 valence electrons. The quantitative estimate of drug-likeness (QED) is 0.695. The summed E-state index contributed by atoms with van der Waals surface area (Å²) in [5.74, 6) is 0.802. The second kappa shape index (κ2) is 8.06. The predicted molar refractivity (Wildman–Crippen MR) is 109 cm³/mol. The molecule has 6 heteroatoms. The number of carbonyl (C=O) groups excluding carboxylic acids is 2. The van der Waals surface area contributed by atoms with Crippen LogP contribution in [0.25, 0.3) is 0 Å². The smallest absolute Gasteiger partial charge is 0.255 e. The number of rotatable bonds is 5. The van der Waals surface area contributed by atoms with Crippen LogP contribution in [0, 0.1) is 6.92 Å². The van der Waals surface area contributed by atoms with E-state index in [0.717, 1.165) is 5.56 Å². The maximum absolute atomic E-state index is 12.4. The van der Waals surface area contributed by atoms with Crippen LogP contribution in [0.2, 0.25) is 0 Å². The zero-order chi connectivity index (χ0) is 20.2. The molecule has 0 saturated carbocycles. The van der Waals surface area contributed by atoms with Crippen LogP contribution < -0.4 is 20.1 Å². The minimum atomic E-state index is -0.268. The van der Waals surface area contributed by atoms with E-state index in [1.54, 1.807) is 42.5 Å². The molecule has 2 amide bonds. The molecule has 1 aliphatic rings. The van der Waals surface area contributed by atoms with Crippen LogP contribution in [-0.2, 0) is 6.54 Å². The number of nitrogens with one attached hydrogen (secondary N) is 2. The fourth-order valence-electron chi connectivity index (χ4n) is 2.94. The Bertz CT molecular complexity index is 1040. The van der Waals surface area contributed by atoms with Crippen molar-refractivity contribution in [2.45, 2.75) is 13.5 Å². The summed E-state index contributed by atoms with van der Waals surface area (Å²) in [5, 5.41) is 5.69. The molecule has 29 heavy (non-hydrogen) atoms. The minimum absolute atomic E-state index is 0.181. The maximum atomic E-state index is 12.4. The normalized spacial score (nSPS) is 11.8. The molecule has 0 saturated heterocycles. The highest BCUT2D eigenvalue weighted by atomic mass is 16.7. The van der Waals surface area contributed by atoms with Gasteiger partial charge in [-0.05, 0) is 48.9 Å². The van der Waals surface area contributed by atoms with Crippen molar-refractivity contribution in [2.75, 3.05) is 12.1 Å². The summed E-state index contributed by atoms with van der Waals surface area (Å²) < 4.78 is 10.6. The number of carbonyl (C=O) groups is 2. The molecule has 0 radical (unpaired) electrons. The van der Waals surface area contributed by atoms with Crippen molar-refractivity contribution < 1.29 is 19.1 Å². The van der Waals surface area contributed by atoms with Crippen molar-refractivity contribution in [1.82, 2.24) is 5.32 Å². The van der Waals surface area contributed by atoms with Gasteiger partial charge in [-0.2, -0.15) is 0 Å². The van der Waals surface area contributed by atoms with Gasteiger partial charge in [-0.1, -0.05) is 29.8 Å². The van der Waals surface area contributed by atoms with Gasteiger partial charge < -0.3 is 20.1 Å². The van der Waals surface area contributed by atoms with Crippen LogP contribution in [0.1, 0.15) is 31.8 Å². The van der Waals surface area contributed by atoms with Crippen molar-refractivity contribution in [1.29, 1.82) is 0 Å². The van der Waals surface area contributed by atoms with Crippen molar-refractivity contribution in [3.63, 3.8) is 0 Å². The first kappa shape index (κ1) is 18.6. The Labute approximate surface area is 168 Å². The molecule has 0 bridgehead atoms. The topological polar surface area (TPSA) is 76.7 Å². The predicted octanol–water partition coefficient (Wildman–Crippen LogP) is 3.91. The van der Waals surface area contributed by atoms with Gasteiger partial charge in [0.1, 0.15) is 0 Å². The molecular weight excluding hydrogens is 368 g/mol. The van der Waals surface area contributed by atoms with E-state index >= 15 is 0 Å². The Kier molecular flexibility index (Phi) is 5.16. The average molecular weight is 388 g/mol. The van der Waals surface area contributed by atoms with Gasteiger partial charge in [-0.25, -0.2) is 0 Å². The Balaban J connectivity index is 1.36. The van der Waals surface area contributed by atoms with E-state index in [1.807, 2.05) is 31.2 Å². The van der Waals surface area contributed by atoms with Gasteiger partial charge in [0.05, 0.1) is 0 Å². The summed E-state index contributed by atoms with van der Waals surface area (Å²) in [5.41, 5.74) is 3.77. The second-order valence-corrected chi connectivity index (χ2v) is 6.77. The number of aryl methyl sites for hydroxylation is 1. The number of benzene rings is 3. The van der Waals surface area contributed by atoms with Crippen molar-refractivity contribution in [3.8, 4) is 11.5 Å². The third kappa shape index (κ3) is 4.38. The number of fused-ring (bicyclic) bond motifs is 1. The third-order valence-corrected chi connectivity index (χ3v) is 4.61. The SMILES string of the molecule is Cc1ccc(CNC(=O)c2ccc(C(=O)Nc3ccc4c(c3)OCO4)cc2)cc1. The summed E-state index contributed by atoms with van der Waals surface area (Å²) >= 11 is 0. The maximum Gasteiger partial charge on any atom is 0.255 e. The molecule has 0 spiro atoms. The van der Waals surface area contributed by atoms with Crippen LogP contribution >= 0.6 is 0 Å². The highest BCUT2D eigenvalue weighted by Crippen LogP contribution is 2.34. The molecule has 0 aliphatic carbocycles. The van der Waals surface area contributed by atoms with Crippen LogP contribution in [0.5, 0.6) is 11.5 Å². The highest BCUT2D eigenvalue weighted by Gasteiger charge is 2.15. The van der Waals surface area contributed by atoms with Gasteiger partial charge >= 0.3 is 0 Å². The summed E-state index contributed by atoms with van der Waals surface area (Å²) in [6, 6.07) is 19.7. The first-order valence-corrected chi connectivity index (χ1v) is 9.23.